The summed E-state index contributed by atoms with van der Waals surface area (Å²) in [6, 6.07) is 8.20. The Bertz CT molecular complexity index is 626. The molecule has 0 aliphatic heterocycles. The third-order valence-corrected chi connectivity index (χ3v) is 3.11. The first kappa shape index (κ1) is 13.7. The zero-order valence-electron chi connectivity index (χ0n) is 10.0. The summed E-state index contributed by atoms with van der Waals surface area (Å²) >= 11 is 3.14. The molecule has 0 radical (unpaired) electrons. The summed E-state index contributed by atoms with van der Waals surface area (Å²) in [6.07, 6.45) is 0. The molecule has 1 amide bonds. The molecule has 2 nitrogen and oxygen atoms in total. The minimum atomic E-state index is -0.460. The maximum Gasteiger partial charge on any atom is 0.256 e. The molecule has 0 unspecified atom stereocenters. The van der Waals surface area contributed by atoms with Crippen molar-refractivity contribution in [3.63, 3.8) is 0 Å². The van der Waals surface area contributed by atoms with Crippen LogP contribution in [0.1, 0.15) is 15.9 Å². The summed E-state index contributed by atoms with van der Waals surface area (Å²) in [5, 5.41) is 2.59. The number of amides is 1. The van der Waals surface area contributed by atoms with Crippen molar-refractivity contribution in [3.05, 3.63) is 63.6 Å². The minimum Gasteiger partial charge on any atom is -0.322 e. The standard InChI is InChI=1S/C14H10BrF2NO/c1-8-12(6-9(15)7-13(8)17)14(19)18-11-4-2-10(16)3-5-11/h2-7H,1H3,(H,18,19). The summed E-state index contributed by atoms with van der Waals surface area (Å²) in [5.74, 6) is -1.29. The Morgan fingerprint density at radius 1 is 1.16 bits per heavy atom. The van der Waals surface area contributed by atoms with Gasteiger partial charge in [-0.1, -0.05) is 15.9 Å². The first-order valence-corrected chi connectivity index (χ1v) is 6.29. The number of benzene rings is 2. The fourth-order valence-corrected chi connectivity index (χ4v) is 2.04. The van der Waals surface area contributed by atoms with Crippen molar-refractivity contribution in [3.8, 4) is 0 Å². The number of hydrogen-bond acceptors (Lipinski definition) is 1. The number of carbonyl (C=O) groups is 1. The molecule has 0 saturated heterocycles. The van der Waals surface area contributed by atoms with Gasteiger partial charge in [-0.05, 0) is 48.9 Å². The summed E-state index contributed by atoms with van der Waals surface area (Å²) in [7, 11) is 0. The number of anilines is 1. The van der Waals surface area contributed by atoms with Gasteiger partial charge in [0.05, 0.1) is 0 Å². The molecule has 0 fully saturated rings. The van der Waals surface area contributed by atoms with Crippen molar-refractivity contribution in [1.29, 1.82) is 0 Å². The van der Waals surface area contributed by atoms with Gasteiger partial charge in [0.25, 0.3) is 5.91 Å². The van der Waals surface area contributed by atoms with E-state index in [0.29, 0.717) is 10.2 Å². The second-order valence-corrected chi connectivity index (χ2v) is 4.94. The second kappa shape index (κ2) is 5.48. The predicted molar refractivity (Wildman–Crippen MR) is 73.2 cm³/mol. The number of carbonyl (C=O) groups excluding carboxylic acids is 1. The van der Waals surface area contributed by atoms with E-state index in [4.69, 9.17) is 0 Å². The Kier molecular flexibility index (Phi) is 3.95. The summed E-state index contributed by atoms with van der Waals surface area (Å²) in [5.41, 5.74) is 0.949. The molecule has 0 aliphatic rings. The van der Waals surface area contributed by atoms with Crippen LogP contribution in [0, 0.1) is 18.6 Å². The summed E-state index contributed by atoms with van der Waals surface area (Å²) in [4.78, 5) is 12.0. The topological polar surface area (TPSA) is 29.1 Å². The molecule has 0 bridgehead atoms. The molecule has 2 rings (SSSR count). The van der Waals surface area contributed by atoms with E-state index < -0.39 is 11.7 Å². The molecule has 0 aromatic heterocycles. The van der Waals surface area contributed by atoms with Gasteiger partial charge in [0.1, 0.15) is 11.6 Å². The van der Waals surface area contributed by atoms with Crippen LogP contribution in [0.15, 0.2) is 40.9 Å². The van der Waals surface area contributed by atoms with Crippen LogP contribution >= 0.6 is 15.9 Å². The number of nitrogens with one attached hydrogen (secondary N) is 1. The lowest BCUT2D eigenvalue weighted by molar-refractivity contribution is 0.102. The van der Waals surface area contributed by atoms with Crippen LogP contribution < -0.4 is 5.32 Å². The van der Waals surface area contributed by atoms with E-state index >= 15 is 0 Å². The molecule has 0 aliphatic carbocycles. The molecule has 2 aromatic rings. The van der Waals surface area contributed by atoms with Crippen LogP contribution in [0.3, 0.4) is 0 Å². The lowest BCUT2D eigenvalue weighted by atomic mass is 10.1. The maximum absolute atomic E-state index is 13.5. The third kappa shape index (κ3) is 3.17. The smallest absolute Gasteiger partial charge is 0.256 e. The molecule has 0 spiro atoms. The Balaban J connectivity index is 2.27. The first-order chi connectivity index (χ1) is 8.97. The van der Waals surface area contributed by atoms with Crippen molar-refractivity contribution in [2.45, 2.75) is 6.92 Å². The Hall–Kier alpha value is -1.75. The van der Waals surface area contributed by atoms with Gasteiger partial charge in [-0.15, -0.1) is 0 Å². The van der Waals surface area contributed by atoms with Gasteiger partial charge in [0.15, 0.2) is 0 Å². The average molecular weight is 326 g/mol. The molecule has 5 heteroatoms. The van der Waals surface area contributed by atoms with Crippen molar-refractivity contribution in [1.82, 2.24) is 0 Å². The van der Waals surface area contributed by atoms with E-state index in [1.165, 1.54) is 43.3 Å². The van der Waals surface area contributed by atoms with E-state index in [1.807, 2.05) is 0 Å². The van der Waals surface area contributed by atoms with Gasteiger partial charge in [0, 0.05) is 15.7 Å². The molecule has 0 atom stereocenters. The van der Waals surface area contributed by atoms with Gasteiger partial charge >= 0.3 is 0 Å². The summed E-state index contributed by atoms with van der Waals surface area (Å²) < 4.78 is 26.8. The zero-order chi connectivity index (χ0) is 14.0. The fourth-order valence-electron chi connectivity index (χ4n) is 1.61. The normalized spacial score (nSPS) is 10.3. The van der Waals surface area contributed by atoms with E-state index in [2.05, 4.69) is 21.2 Å². The van der Waals surface area contributed by atoms with Gasteiger partial charge in [-0.2, -0.15) is 0 Å². The van der Waals surface area contributed by atoms with Crippen LogP contribution in [-0.4, -0.2) is 5.91 Å². The van der Waals surface area contributed by atoms with Crippen LogP contribution in [0.4, 0.5) is 14.5 Å². The van der Waals surface area contributed by atoms with Crippen LogP contribution in [-0.2, 0) is 0 Å². The Labute approximate surface area is 117 Å². The molecule has 1 N–H and O–H groups in total. The second-order valence-electron chi connectivity index (χ2n) is 4.02. The minimum absolute atomic E-state index is 0.233. The lowest BCUT2D eigenvalue weighted by Crippen LogP contribution is -2.14. The molecule has 98 valence electrons. The largest absolute Gasteiger partial charge is 0.322 e. The molecule has 2 aromatic carbocycles. The van der Waals surface area contributed by atoms with Crippen LogP contribution in [0.5, 0.6) is 0 Å². The maximum atomic E-state index is 13.5. The quantitative estimate of drug-likeness (QED) is 0.876. The van der Waals surface area contributed by atoms with Crippen LogP contribution in [0.25, 0.3) is 0 Å². The number of rotatable bonds is 2. The van der Waals surface area contributed by atoms with Gasteiger partial charge < -0.3 is 5.32 Å². The predicted octanol–water partition coefficient (Wildman–Crippen LogP) is 4.29. The number of hydrogen-bond donors (Lipinski definition) is 1. The number of halogens is 3. The molecule has 0 saturated carbocycles. The van der Waals surface area contributed by atoms with E-state index in [9.17, 15) is 13.6 Å². The van der Waals surface area contributed by atoms with Crippen molar-refractivity contribution >= 4 is 27.5 Å². The molecular formula is C14H10BrF2NO. The SMILES string of the molecule is Cc1c(F)cc(Br)cc1C(=O)Nc1ccc(F)cc1. The molecular weight excluding hydrogens is 316 g/mol. The lowest BCUT2D eigenvalue weighted by Gasteiger charge is -2.09. The highest BCUT2D eigenvalue weighted by atomic mass is 79.9. The van der Waals surface area contributed by atoms with Gasteiger partial charge in [0.2, 0.25) is 0 Å². The zero-order valence-corrected chi connectivity index (χ0v) is 11.6. The highest BCUT2D eigenvalue weighted by Gasteiger charge is 2.13. The van der Waals surface area contributed by atoms with Crippen LogP contribution in [0.2, 0.25) is 0 Å². The fraction of sp³-hybridized carbons (Fsp3) is 0.0714. The summed E-state index contributed by atoms with van der Waals surface area (Å²) in [6.45, 7) is 1.53. The Morgan fingerprint density at radius 2 is 1.79 bits per heavy atom. The molecule has 0 heterocycles. The monoisotopic (exact) mass is 325 g/mol. The third-order valence-electron chi connectivity index (χ3n) is 2.66. The molecule has 19 heavy (non-hydrogen) atoms. The van der Waals surface area contributed by atoms with E-state index in [-0.39, 0.29) is 16.9 Å². The first-order valence-electron chi connectivity index (χ1n) is 5.50. The Morgan fingerprint density at radius 3 is 2.42 bits per heavy atom. The van der Waals surface area contributed by atoms with E-state index in [0.717, 1.165) is 0 Å². The van der Waals surface area contributed by atoms with Crippen molar-refractivity contribution in [2.75, 3.05) is 5.32 Å². The highest BCUT2D eigenvalue weighted by molar-refractivity contribution is 9.10. The van der Waals surface area contributed by atoms with Gasteiger partial charge in [-0.25, -0.2) is 8.78 Å². The highest BCUT2D eigenvalue weighted by Crippen LogP contribution is 2.21. The van der Waals surface area contributed by atoms with Crippen molar-refractivity contribution < 1.29 is 13.6 Å². The van der Waals surface area contributed by atoms with E-state index in [1.54, 1.807) is 0 Å². The van der Waals surface area contributed by atoms with Crippen molar-refractivity contribution in [2.24, 2.45) is 0 Å². The average Bonchev–Trinajstić information content (AvgIpc) is 2.36. The van der Waals surface area contributed by atoms with Gasteiger partial charge in [-0.3, -0.25) is 4.79 Å².